The first-order valence-electron chi connectivity index (χ1n) is 5.78. The summed E-state index contributed by atoms with van der Waals surface area (Å²) in [5, 5.41) is 18.2. The van der Waals surface area contributed by atoms with E-state index in [1.54, 1.807) is 7.05 Å². The molecule has 2 aromatic rings. The minimum Gasteiger partial charge on any atom is -0.508 e. The maximum Gasteiger partial charge on any atom is 0.323 e. The van der Waals surface area contributed by atoms with Crippen LogP contribution in [0.25, 0.3) is 0 Å². The van der Waals surface area contributed by atoms with E-state index in [-0.39, 0.29) is 11.4 Å². The second-order valence-corrected chi connectivity index (χ2v) is 4.19. The SMILES string of the molecule is Cn1cncc1C(=O)N(CC(=O)O)c1ccc(O)cc1. The third-order valence-electron chi connectivity index (χ3n) is 2.74. The molecule has 0 aliphatic rings. The lowest BCUT2D eigenvalue weighted by atomic mass is 10.2. The average molecular weight is 275 g/mol. The number of benzene rings is 1. The Bertz CT molecular complexity index is 633. The Labute approximate surface area is 114 Å². The van der Waals surface area contributed by atoms with Crippen molar-refractivity contribution < 1.29 is 19.8 Å². The molecule has 1 aromatic heterocycles. The first-order valence-corrected chi connectivity index (χ1v) is 5.78. The number of aromatic hydroxyl groups is 1. The molecule has 7 heteroatoms. The summed E-state index contributed by atoms with van der Waals surface area (Å²) in [7, 11) is 1.65. The fraction of sp³-hybridized carbons (Fsp3) is 0.154. The Kier molecular flexibility index (Phi) is 3.69. The molecule has 1 aromatic carbocycles. The Morgan fingerprint density at radius 2 is 1.95 bits per heavy atom. The molecule has 0 atom stereocenters. The summed E-state index contributed by atoms with van der Waals surface area (Å²) in [4.78, 5) is 28.3. The molecule has 1 amide bonds. The van der Waals surface area contributed by atoms with Crippen molar-refractivity contribution >= 4 is 17.6 Å². The molecule has 0 unspecified atom stereocenters. The second-order valence-electron chi connectivity index (χ2n) is 4.19. The standard InChI is InChI=1S/C13H13N3O4/c1-15-8-14-6-11(15)13(20)16(7-12(18)19)9-2-4-10(17)5-3-9/h2-6,8,17H,7H2,1H3,(H,18,19). The molecule has 2 rings (SSSR count). The van der Waals surface area contributed by atoms with Crippen LogP contribution in [0, 0.1) is 0 Å². The van der Waals surface area contributed by atoms with Crippen molar-refractivity contribution in [3.63, 3.8) is 0 Å². The molecular weight excluding hydrogens is 262 g/mol. The number of phenols is 1. The number of aryl methyl sites for hydroxylation is 1. The van der Waals surface area contributed by atoms with Gasteiger partial charge in [-0.3, -0.25) is 14.5 Å². The van der Waals surface area contributed by atoms with Crippen LogP contribution >= 0.6 is 0 Å². The van der Waals surface area contributed by atoms with Crippen molar-refractivity contribution in [3.05, 3.63) is 42.5 Å². The van der Waals surface area contributed by atoms with Crippen LogP contribution < -0.4 is 4.90 Å². The zero-order valence-electron chi connectivity index (χ0n) is 10.7. The zero-order chi connectivity index (χ0) is 14.7. The van der Waals surface area contributed by atoms with Crippen molar-refractivity contribution in [2.75, 3.05) is 11.4 Å². The predicted molar refractivity (Wildman–Crippen MR) is 70.6 cm³/mol. The number of carboxylic acid groups (broad SMARTS) is 1. The van der Waals surface area contributed by atoms with Gasteiger partial charge in [0.15, 0.2) is 0 Å². The fourth-order valence-electron chi connectivity index (χ4n) is 1.75. The summed E-state index contributed by atoms with van der Waals surface area (Å²) in [6.07, 6.45) is 2.83. The van der Waals surface area contributed by atoms with E-state index in [0.29, 0.717) is 5.69 Å². The van der Waals surface area contributed by atoms with Gasteiger partial charge in [0.2, 0.25) is 0 Å². The summed E-state index contributed by atoms with van der Waals surface area (Å²) in [6, 6.07) is 5.74. The number of aliphatic carboxylic acids is 1. The number of imidazole rings is 1. The van der Waals surface area contributed by atoms with E-state index in [2.05, 4.69) is 4.98 Å². The molecule has 0 radical (unpaired) electrons. The number of rotatable bonds is 4. The number of carboxylic acids is 1. The third-order valence-corrected chi connectivity index (χ3v) is 2.74. The highest BCUT2D eigenvalue weighted by molar-refractivity contribution is 6.07. The molecule has 7 nitrogen and oxygen atoms in total. The number of carbonyl (C=O) groups excluding carboxylic acids is 1. The summed E-state index contributed by atoms with van der Waals surface area (Å²) in [5.74, 6) is -1.57. The molecule has 1 heterocycles. The van der Waals surface area contributed by atoms with E-state index in [1.807, 2.05) is 0 Å². The van der Waals surface area contributed by atoms with E-state index in [1.165, 1.54) is 41.4 Å². The number of hydrogen-bond donors (Lipinski definition) is 2. The van der Waals surface area contributed by atoms with Gasteiger partial charge >= 0.3 is 5.97 Å². The largest absolute Gasteiger partial charge is 0.508 e. The highest BCUT2D eigenvalue weighted by atomic mass is 16.4. The van der Waals surface area contributed by atoms with Gasteiger partial charge < -0.3 is 14.8 Å². The van der Waals surface area contributed by atoms with E-state index < -0.39 is 18.4 Å². The molecule has 104 valence electrons. The molecule has 0 fully saturated rings. The Morgan fingerprint density at radius 3 is 2.45 bits per heavy atom. The summed E-state index contributed by atoms with van der Waals surface area (Å²) in [6.45, 7) is -0.477. The molecule has 0 saturated carbocycles. The van der Waals surface area contributed by atoms with E-state index in [4.69, 9.17) is 5.11 Å². The normalized spacial score (nSPS) is 10.2. The van der Waals surface area contributed by atoms with Gasteiger partial charge in [-0.2, -0.15) is 0 Å². The molecule has 2 N–H and O–H groups in total. The quantitative estimate of drug-likeness (QED) is 0.862. The van der Waals surface area contributed by atoms with Crippen molar-refractivity contribution in [3.8, 4) is 5.75 Å². The molecular formula is C13H13N3O4. The number of phenolic OH excluding ortho intramolecular Hbond substituents is 1. The number of hydrogen-bond acceptors (Lipinski definition) is 4. The van der Waals surface area contributed by atoms with Gasteiger partial charge in [-0.1, -0.05) is 0 Å². The number of nitrogens with zero attached hydrogens (tertiary/aromatic N) is 3. The minimum absolute atomic E-state index is 0.0389. The van der Waals surface area contributed by atoms with E-state index in [9.17, 15) is 14.7 Å². The van der Waals surface area contributed by atoms with Crippen LogP contribution in [0.4, 0.5) is 5.69 Å². The van der Waals surface area contributed by atoms with Crippen molar-refractivity contribution in [1.82, 2.24) is 9.55 Å². The van der Waals surface area contributed by atoms with Crippen molar-refractivity contribution in [2.24, 2.45) is 7.05 Å². The number of amides is 1. The summed E-state index contributed by atoms with van der Waals surface area (Å²) >= 11 is 0. The van der Waals surface area contributed by atoms with Gasteiger partial charge in [0.05, 0.1) is 12.5 Å². The molecule has 0 aliphatic carbocycles. The van der Waals surface area contributed by atoms with Crippen molar-refractivity contribution in [2.45, 2.75) is 0 Å². The molecule has 0 saturated heterocycles. The topological polar surface area (TPSA) is 95.7 Å². The lowest BCUT2D eigenvalue weighted by molar-refractivity contribution is -0.135. The highest BCUT2D eigenvalue weighted by Crippen LogP contribution is 2.20. The van der Waals surface area contributed by atoms with Crippen LogP contribution in [0.5, 0.6) is 5.75 Å². The third kappa shape index (κ3) is 2.77. The number of carbonyl (C=O) groups is 2. The van der Waals surface area contributed by atoms with E-state index in [0.717, 1.165) is 4.90 Å². The number of aromatic nitrogens is 2. The van der Waals surface area contributed by atoms with Crippen molar-refractivity contribution in [1.29, 1.82) is 0 Å². The van der Waals surface area contributed by atoms with Crippen LogP contribution in [-0.4, -0.2) is 38.2 Å². The first kappa shape index (κ1) is 13.6. The smallest absolute Gasteiger partial charge is 0.323 e. The van der Waals surface area contributed by atoms with Gasteiger partial charge in [0.1, 0.15) is 18.0 Å². The zero-order valence-corrected chi connectivity index (χ0v) is 10.7. The molecule has 0 spiro atoms. The average Bonchev–Trinajstić information content (AvgIpc) is 2.82. The first-order chi connectivity index (χ1) is 9.49. The van der Waals surface area contributed by atoms with Gasteiger partial charge in [-0.15, -0.1) is 0 Å². The van der Waals surface area contributed by atoms with Crippen LogP contribution in [0.15, 0.2) is 36.8 Å². The monoisotopic (exact) mass is 275 g/mol. The van der Waals surface area contributed by atoms with Gasteiger partial charge in [0.25, 0.3) is 5.91 Å². The van der Waals surface area contributed by atoms with Crippen LogP contribution in [0.3, 0.4) is 0 Å². The summed E-state index contributed by atoms with van der Waals surface area (Å²) < 4.78 is 1.51. The lowest BCUT2D eigenvalue weighted by Crippen LogP contribution is -2.36. The fourth-order valence-corrected chi connectivity index (χ4v) is 1.75. The minimum atomic E-state index is -1.13. The lowest BCUT2D eigenvalue weighted by Gasteiger charge is -2.20. The Morgan fingerprint density at radius 1 is 1.30 bits per heavy atom. The molecule has 20 heavy (non-hydrogen) atoms. The maximum absolute atomic E-state index is 12.4. The molecule has 0 bridgehead atoms. The van der Waals surface area contributed by atoms with Gasteiger partial charge in [0, 0.05) is 12.7 Å². The van der Waals surface area contributed by atoms with Crippen LogP contribution in [0.2, 0.25) is 0 Å². The van der Waals surface area contributed by atoms with Crippen LogP contribution in [0.1, 0.15) is 10.5 Å². The van der Waals surface area contributed by atoms with Crippen LogP contribution in [-0.2, 0) is 11.8 Å². The predicted octanol–water partition coefficient (Wildman–Crippen LogP) is 0.857. The Hall–Kier alpha value is -2.83. The maximum atomic E-state index is 12.4. The second kappa shape index (κ2) is 5.43. The molecule has 0 aliphatic heterocycles. The Balaban J connectivity index is 2.37. The number of anilines is 1. The van der Waals surface area contributed by atoms with E-state index >= 15 is 0 Å². The van der Waals surface area contributed by atoms with Gasteiger partial charge in [-0.25, -0.2) is 4.98 Å². The summed E-state index contributed by atoms with van der Waals surface area (Å²) in [5.41, 5.74) is 0.663. The highest BCUT2D eigenvalue weighted by Gasteiger charge is 2.22. The van der Waals surface area contributed by atoms with Gasteiger partial charge in [-0.05, 0) is 24.3 Å².